The van der Waals surface area contributed by atoms with Gasteiger partial charge in [0.1, 0.15) is 0 Å². The van der Waals surface area contributed by atoms with E-state index in [1.165, 1.54) is 12.8 Å². The predicted octanol–water partition coefficient (Wildman–Crippen LogP) is 2.44. The van der Waals surface area contributed by atoms with Gasteiger partial charge in [-0.25, -0.2) is 0 Å². The summed E-state index contributed by atoms with van der Waals surface area (Å²) >= 11 is 0. The lowest BCUT2D eigenvalue weighted by molar-refractivity contribution is -0.117. The average Bonchev–Trinajstić information content (AvgIpc) is 2.09. The summed E-state index contributed by atoms with van der Waals surface area (Å²) in [5.41, 5.74) is 0.311. The van der Waals surface area contributed by atoms with Crippen LogP contribution in [0.4, 0.5) is 0 Å². The zero-order valence-electron chi connectivity index (χ0n) is 10.3. The summed E-state index contributed by atoms with van der Waals surface area (Å²) in [6, 6.07) is 0.631. The molecule has 1 aliphatic rings. The van der Waals surface area contributed by atoms with Crippen LogP contribution in [0.2, 0.25) is 0 Å². The van der Waals surface area contributed by atoms with Crippen LogP contribution in [-0.4, -0.2) is 25.8 Å². The second kappa shape index (κ2) is 4.63. The van der Waals surface area contributed by atoms with Crippen molar-refractivity contribution in [3.05, 3.63) is 0 Å². The van der Waals surface area contributed by atoms with Gasteiger partial charge in [-0.15, -0.1) is 0 Å². The predicted molar refractivity (Wildman–Crippen MR) is 60.4 cm³/mol. The molecule has 1 rings (SSSR count). The zero-order valence-corrected chi connectivity index (χ0v) is 10.3. The lowest BCUT2D eigenvalue weighted by Gasteiger charge is -2.51. The Morgan fingerprint density at radius 2 is 2.07 bits per heavy atom. The highest BCUT2D eigenvalue weighted by atomic mass is 16.5. The van der Waals surface area contributed by atoms with Crippen molar-refractivity contribution in [2.75, 3.05) is 13.7 Å². The first-order valence-corrected chi connectivity index (χ1v) is 5.77. The molecule has 0 saturated heterocycles. The summed E-state index contributed by atoms with van der Waals surface area (Å²) in [7, 11) is 2.04. The van der Waals surface area contributed by atoms with Gasteiger partial charge in [0.2, 0.25) is 0 Å². The van der Waals surface area contributed by atoms with Gasteiger partial charge in [-0.3, -0.25) is 0 Å². The molecule has 0 aliphatic heterocycles. The summed E-state index contributed by atoms with van der Waals surface area (Å²) in [5, 5.41) is 3.34. The van der Waals surface area contributed by atoms with Gasteiger partial charge in [-0.2, -0.15) is 0 Å². The van der Waals surface area contributed by atoms with E-state index in [9.17, 15) is 0 Å². The van der Waals surface area contributed by atoms with Crippen molar-refractivity contribution in [1.82, 2.24) is 5.32 Å². The Labute approximate surface area is 88.4 Å². The number of hydrogen-bond donors (Lipinski definition) is 1. The lowest BCUT2D eigenvalue weighted by Crippen LogP contribution is -2.60. The normalized spacial score (nSPS) is 30.4. The van der Waals surface area contributed by atoms with Crippen LogP contribution in [0.25, 0.3) is 0 Å². The molecule has 0 amide bonds. The van der Waals surface area contributed by atoms with Gasteiger partial charge in [0, 0.05) is 18.1 Å². The monoisotopic (exact) mass is 199 g/mol. The molecular formula is C12H25NO. The number of hydrogen-bond acceptors (Lipinski definition) is 2. The van der Waals surface area contributed by atoms with Crippen LogP contribution < -0.4 is 5.32 Å². The SMILES string of the molecule is CNC1CC(OCCC(C)C)C1(C)C. The van der Waals surface area contributed by atoms with E-state index < -0.39 is 0 Å². The van der Waals surface area contributed by atoms with Gasteiger partial charge in [0.25, 0.3) is 0 Å². The molecule has 2 heteroatoms. The summed E-state index contributed by atoms with van der Waals surface area (Å²) in [5.74, 6) is 0.748. The molecule has 1 N–H and O–H groups in total. The first-order chi connectivity index (χ1) is 6.48. The Kier molecular flexibility index (Phi) is 3.96. The van der Waals surface area contributed by atoms with Crippen LogP contribution in [0.15, 0.2) is 0 Å². The Balaban J connectivity index is 2.22. The van der Waals surface area contributed by atoms with E-state index in [0.717, 1.165) is 12.5 Å². The second-order valence-corrected chi connectivity index (χ2v) is 5.44. The van der Waals surface area contributed by atoms with Crippen LogP contribution >= 0.6 is 0 Å². The maximum Gasteiger partial charge on any atom is 0.0655 e. The maximum atomic E-state index is 5.90. The summed E-state index contributed by atoms with van der Waals surface area (Å²) < 4.78 is 5.90. The van der Waals surface area contributed by atoms with Crippen molar-refractivity contribution in [2.24, 2.45) is 11.3 Å². The van der Waals surface area contributed by atoms with E-state index in [2.05, 4.69) is 33.0 Å². The molecule has 14 heavy (non-hydrogen) atoms. The van der Waals surface area contributed by atoms with Crippen molar-refractivity contribution < 1.29 is 4.74 Å². The minimum Gasteiger partial charge on any atom is -0.378 e. The third kappa shape index (κ3) is 2.48. The van der Waals surface area contributed by atoms with Crippen molar-refractivity contribution in [2.45, 2.75) is 52.7 Å². The fraction of sp³-hybridized carbons (Fsp3) is 1.00. The number of ether oxygens (including phenoxy) is 1. The van der Waals surface area contributed by atoms with Crippen LogP contribution in [-0.2, 0) is 4.74 Å². The molecule has 0 radical (unpaired) electrons. The molecule has 1 aliphatic carbocycles. The number of nitrogens with one attached hydrogen (secondary N) is 1. The topological polar surface area (TPSA) is 21.3 Å². The quantitative estimate of drug-likeness (QED) is 0.734. The van der Waals surface area contributed by atoms with E-state index in [0.29, 0.717) is 17.6 Å². The van der Waals surface area contributed by atoms with Gasteiger partial charge >= 0.3 is 0 Å². The van der Waals surface area contributed by atoms with Crippen LogP contribution in [0, 0.1) is 11.3 Å². The molecule has 0 aromatic carbocycles. The maximum absolute atomic E-state index is 5.90. The fourth-order valence-electron chi connectivity index (χ4n) is 2.10. The average molecular weight is 199 g/mol. The Hall–Kier alpha value is -0.0800. The molecule has 0 aromatic heterocycles. The lowest BCUT2D eigenvalue weighted by atomic mass is 9.64. The molecule has 84 valence electrons. The van der Waals surface area contributed by atoms with E-state index in [1.807, 2.05) is 7.05 Å². The molecule has 2 unspecified atom stereocenters. The highest BCUT2D eigenvalue weighted by Crippen LogP contribution is 2.42. The van der Waals surface area contributed by atoms with Gasteiger partial charge in [-0.05, 0) is 25.8 Å². The van der Waals surface area contributed by atoms with Gasteiger partial charge in [0.15, 0.2) is 0 Å². The summed E-state index contributed by atoms with van der Waals surface area (Å²) in [4.78, 5) is 0. The van der Waals surface area contributed by atoms with E-state index >= 15 is 0 Å². The summed E-state index contributed by atoms with van der Waals surface area (Å²) in [6.45, 7) is 9.98. The molecular weight excluding hydrogens is 174 g/mol. The van der Waals surface area contributed by atoms with Gasteiger partial charge in [-0.1, -0.05) is 27.7 Å². The molecule has 0 aromatic rings. The second-order valence-electron chi connectivity index (χ2n) is 5.44. The molecule has 1 fully saturated rings. The largest absolute Gasteiger partial charge is 0.378 e. The molecule has 2 atom stereocenters. The first kappa shape index (κ1) is 12.0. The third-order valence-corrected chi connectivity index (χ3v) is 3.54. The van der Waals surface area contributed by atoms with Crippen molar-refractivity contribution in [3.63, 3.8) is 0 Å². The van der Waals surface area contributed by atoms with E-state index in [-0.39, 0.29) is 0 Å². The molecule has 0 heterocycles. The minimum atomic E-state index is 0.311. The van der Waals surface area contributed by atoms with Gasteiger partial charge in [0.05, 0.1) is 6.10 Å². The smallest absolute Gasteiger partial charge is 0.0655 e. The van der Waals surface area contributed by atoms with Crippen LogP contribution in [0.5, 0.6) is 0 Å². The molecule has 2 nitrogen and oxygen atoms in total. The van der Waals surface area contributed by atoms with E-state index in [1.54, 1.807) is 0 Å². The standard InChI is InChI=1S/C12H25NO/c1-9(2)6-7-14-11-8-10(13-5)12(11,3)4/h9-11,13H,6-8H2,1-5H3. The molecule has 0 spiro atoms. The Morgan fingerprint density at radius 1 is 1.43 bits per heavy atom. The first-order valence-electron chi connectivity index (χ1n) is 5.77. The Morgan fingerprint density at radius 3 is 2.50 bits per heavy atom. The Bertz CT molecular complexity index is 177. The van der Waals surface area contributed by atoms with Crippen LogP contribution in [0.3, 0.4) is 0 Å². The highest BCUT2D eigenvalue weighted by molar-refractivity contribution is 5.02. The van der Waals surface area contributed by atoms with E-state index in [4.69, 9.17) is 4.74 Å². The fourth-order valence-corrected chi connectivity index (χ4v) is 2.10. The van der Waals surface area contributed by atoms with Gasteiger partial charge < -0.3 is 10.1 Å². The minimum absolute atomic E-state index is 0.311. The highest BCUT2D eigenvalue weighted by Gasteiger charge is 2.47. The van der Waals surface area contributed by atoms with Crippen molar-refractivity contribution in [3.8, 4) is 0 Å². The molecule has 1 saturated carbocycles. The number of rotatable bonds is 5. The summed E-state index contributed by atoms with van der Waals surface area (Å²) in [6.07, 6.45) is 2.80. The third-order valence-electron chi connectivity index (χ3n) is 3.54. The molecule has 0 bridgehead atoms. The zero-order chi connectivity index (χ0) is 10.8. The van der Waals surface area contributed by atoms with Crippen molar-refractivity contribution >= 4 is 0 Å². The van der Waals surface area contributed by atoms with Crippen molar-refractivity contribution in [1.29, 1.82) is 0 Å². The van der Waals surface area contributed by atoms with Crippen LogP contribution in [0.1, 0.15) is 40.5 Å².